The molecule has 6 heteroatoms. The number of ketones is 1. The van der Waals surface area contributed by atoms with Gasteiger partial charge in [0.2, 0.25) is 0 Å². The molecule has 0 radical (unpaired) electrons. The van der Waals surface area contributed by atoms with Gasteiger partial charge in [-0.25, -0.2) is 4.79 Å². The summed E-state index contributed by atoms with van der Waals surface area (Å²) in [5.41, 5.74) is 3.36. The Kier molecular flexibility index (Phi) is 5.97. The molecule has 1 aromatic carbocycles. The van der Waals surface area contributed by atoms with Gasteiger partial charge in [0.25, 0.3) is 0 Å². The van der Waals surface area contributed by atoms with Crippen molar-refractivity contribution in [1.29, 1.82) is 0 Å². The molecule has 0 bridgehead atoms. The number of carbonyl (C=O) groups is 2. The number of nitrogens with zero attached hydrogens (tertiary/aromatic N) is 2. The van der Waals surface area contributed by atoms with Crippen molar-refractivity contribution in [2.75, 3.05) is 26.7 Å². The number of hydrogen-bond acceptors (Lipinski definition) is 5. The highest BCUT2D eigenvalue weighted by Crippen LogP contribution is 2.43. The number of carbonyl (C=O) groups excluding carboxylic acids is 2. The van der Waals surface area contributed by atoms with Crippen molar-refractivity contribution < 1.29 is 19.1 Å². The molecule has 1 saturated heterocycles. The fourth-order valence-corrected chi connectivity index (χ4v) is 5.40. The highest BCUT2D eigenvalue weighted by molar-refractivity contribution is 6.06. The molecule has 0 spiro atoms. The lowest BCUT2D eigenvalue weighted by atomic mass is 9.73. The lowest BCUT2D eigenvalue weighted by Gasteiger charge is -2.35. The second kappa shape index (κ2) is 8.40. The lowest BCUT2D eigenvalue weighted by Crippen LogP contribution is -2.45. The zero-order valence-electron chi connectivity index (χ0n) is 19.4. The van der Waals surface area contributed by atoms with E-state index in [1.807, 2.05) is 12.1 Å². The van der Waals surface area contributed by atoms with Crippen molar-refractivity contribution in [3.63, 3.8) is 0 Å². The maximum Gasteiger partial charge on any atom is 0.337 e. The minimum atomic E-state index is -0.348. The van der Waals surface area contributed by atoms with E-state index in [2.05, 4.69) is 37.2 Å². The van der Waals surface area contributed by atoms with Gasteiger partial charge in [0.05, 0.1) is 30.6 Å². The van der Waals surface area contributed by atoms with Crippen molar-refractivity contribution in [3.8, 4) is 0 Å². The lowest BCUT2D eigenvalue weighted by molar-refractivity contribution is -0.0682. The molecule has 168 valence electrons. The number of fused-ring (bicyclic) bond motifs is 3. The Bertz CT molecular complexity index is 997. The molecule has 0 N–H and O–H groups in total. The average molecular weight is 427 g/mol. The smallest absolute Gasteiger partial charge is 0.337 e. The number of benzene rings is 1. The number of Topliss-reactive ketones (excluding diaryl/α,β-unsaturated/α-hetero) is 1. The van der Waals surface area contributed by atoms with E-state index in [1.165, 1.54) is 7.11 Å². The molecule has 2 unspecified atom stereocenters. The van der Waals surface area contributed by atoms with E-state index in [1.54, 1.807) is 6.07 Å². The van der Waals surface area contributed by atoms with Crippen molar-refractivity contribution in [2.45, 2.75) is 71.1 Å². The topological polar surface area (TPSA) is 60.8 Å². The van der Waals surface area contributed by atoms with Crippen LogP contribution in [0.2, 0.25) is 0 Å². The third kappa shape index (κ3) is 4.15. The van der Waals surface area contributed by atoms with E-state index in [0.717, 1.165) is 61.2 Å². The molecule has 0 amide bonds. The summed E-state index contributed by atoms with van der Waals surface area (Å²) in [4.78, 5) is 27.7. The zero-order valence-corrected chi connectivity index (χ0v) is 19.4. The molecule has 1 aliphatic carbocycles. The Labute approximate surface area is 184 Å². The monoisotopic (exact) mass is 426 g/mol. The van der Waals surface area contributed by atoms with Crippen LogP contribution in [-0.4, -0.2) is 60.2 Å². The molecule has 1 aromatic heterocycles. The largest absolute Gasteiger partial charge is 0.465 e. The normalized spacial score (nSPS) is 23.7. The van der Waals surface area contributed by atoms with Crippen molar-refractivity contribution in [1.82, 2.24) is 9.47 Å². The van der Waals surface area contributed by atoms with Gasteiger partial charge in [-0.2, -0.15) is 0 Å². The Hall–Kier alpha value is -2.18. The predicted molar refractivity (Wildman–Crippen MR) is 121 cm³/mol. The first-order chi connectivity index (χ1) is 14.7. The second-order valence-electron chi connectivity index (χ2n) is 9.78. The Morgan fingerprint density at radius 3 is 2.58 bits per heavy atom. The zero-order chi connectivity index (χ0) is 22.3. The summed E-state index contributed by atoms with van der Waals surface area (Å²) in [6.45, 7) is 12.3. The van der Waals surface area contributed by atoms with Gasteiger partial charge in [-0.1, -0.05) is 13.8 Å². The fraction of sp³-hybridized carbons (Fsp3) is 0.600. The molecule has 6 nitrogen and oxygen atoms in total. The number of aryl methyl sites for hydroxylation is 1. The second-order valence-corrected chi connectivity index (χ2v) is 9.78. The van der Waals surface area contributed by atoms with Gasteiger partial charge in [-0.15, -0.1) is 0 Å². The van der Waals surface area contributed by atoms with Gasteiger partial charge >= 0.3 is 5.97 Å². The molecule has 0 saturated carbocycles. The summed E-state index contributed by atoms with van der Waals surface area (Å²) in [6, 6.07) is 5.68. The number of hydrogen-bond donors (Lipinski definition) is 0. The minimum absolute atomic E-state index is 0.115. The van der Waals surface area contributed by atoms with E-state index in [9.17, 15) is 9.59 Å². The molecule has 31 heavy (non-hydrogen) atoms. The average Bonchev–Trinajstić information content (AvgIpc) is 3.05. The van der Waals surface area contributed by atoms with Crippen molar-refractivity contribution in [2.24, 2.45) is 0 Å². The Balaban J connectivity index is 1.68. The molecule has 2 aromatic rings. The third-order valence-corrected chi connectivity index (χ3v) is 6.75. The van der Waals surface area contributed by atoms with E-state index in [4.69, 9.17) is 9.47 Å². The van der Waals surface area contributed by atoms with Crippen LogP contribution in [0.3, 0.4) is 0 Å². The van der Waals surface area contributed by atoms with E-state index in [-0.39, 0.29) is 29.4 Å². The van der Waals surface area contributed by atoms with Crippen LogP contribution in [0.1, 0.15) is 73.4 Å². The highest BCUT2D eigenvalue weighted by atomic mass is 16.5. The number of methoxy groups -OCH3 is 1. The molecule has 1 aliphatic heterocycles. The van der Waals surface area contributed by atoms with E-state index in [0.29, 0.717) is 12.0 Å². The van der Waals surface area contributed by atoms with Crippen LogP contribution in [-0.2, 0) is 21.4 Å². The number of morpholine rings is 1. The summed E-state index contributed by atoms with van der Waals surface area (Å²) < 4.78 is 13.0. The standard InChI is InChI=1S/C25H34N2O4/c1-16-14-26(15-17(2)31-16)11-6-12-27-20-8-7-18(24(29)30-5)13-19(20)22-23(27)21(28)9-10-25(22,3)4/h7-8,13,16-17H,6,9-12,14-15H2,1-5H3. The quantitative estimate of drug-likeness (QED) is 0.671. The molecule has 2 atom stereocenters. The van der Waals surface area contributed by atoms with Gasteiger partial charge in [-0.3, -0.25) is 9.69 Å². The summed E-state index contributed by atoms with van der Waals surface area (Å²) in [5, 5.41) is 1.00. The van der Waals surface area contributed by atoms with Crippen LogP contribution in [0.5, 0.6) is 0 Å². The fourth-order valence-electron chi connectivity index (χ4n) is 5.40. The van der Waals surface area contributed by atoms with Crippen LogP contribution in [0.15, 0.2) is 18.2 Å². The maximum atomic E-state index is 13.1. The SMILES string of the molecule is COC(=O)c1ccc2c(c1)c1c(n2CCCN2CC(C)OC(C)C2)C(=O)CCC1(C)C. The Morgan fingerprint density at radius 2 is 1.90 bits per heavy atom. The van der Waals surface area contributed by atoms with Crippen molar-refractivity contribution >= 4 is 22.7 Å². The number of ether oxygens (including phenoxy) is 2. The molecule has 1 fully saturated rings. The number of aromatic nitrogens is 1. The Morgan fingerprint density at radius 1 is 1.19 bits per heavy atom. The first-order valence-corrected chi connectivity index (χ1v) is 11.4. The molecular weight excluding hydrogens is 392 g/mol. The third-order valence-electron chi connectivity index (χ3n) is 6.75. The maximum absolute atomic E-state index is 13.1. The van der Waals surface area contributed by atoms with Gasteiger partial charge in [0.1, 0.15) is 0 Å². The molecule has 2 aliphatic rings. The molecule has 4 rings (SSSR count). The van der Waals surface area contributed by atoms with Crippen molar-refractivity contribution in [3.05, 3.63) is 35.0 Å². The predicted octanol–water partition coefficient (Wildman–Crippen LogP) is 4.18. The van der Waals surface area contributed by atoms with E-state index >= 15 is 0 Å². The summed E-state index contributed by atoms with van der Waals surface area (Å²) in [5.74, 6) is -0.141. The number of rotatable bonds is 5. The highest BCUT2D eigenvalue weighted by Gasteiger charge is 2.37. The van der Waals surface area contributed by atoms with Gasteiger partial charge in [0.15, 0.2) is 5.78 Å². The van der Waals surface area contributed by atoms with E-state index < -0.39 is 0 Å². The number of esters is 1. The van der Waals surface area contributed by atoms with Crippen LogP contribution < -0.4 is 0 Å². The van der Waals surface area contributed by atoms with Crippen LogP contribution >= 0.6 is 0 Å². The summed E-state index contributed by atoms with van der Waals surface area (Å²) in [7, 11) is 1.40. The molecule has 2 heterocycles. The van der Waals surface area contributed by atoms with Crippen LogP contribution in [0.25, 0.3) is 10.9 Å². The van der Waals surface area contributed by atoms with Crippen LogP contribution in [0, 0.1) is 0 Å². The van der Waals surface area contributed by atoms with Gasteiger partial charge in [-0.05, 0) is 55.9 Å². The van der Waals surface area contributed by atoms with Gasteiger partial charge < -0.3 is 14.0 Å². The first kappa shape index (κ1) is 22.0. The minimum Gasteiger partial charge on any atom is -0.465 e. The summed E-state index contributed by atoms with van der Waals surface area (Å²) >= 11 is 0. The summed E-state index contributed by atoms with van der Waals surface area (Å²) in [6.07, 6.45) is 2.86. The van der Waals surface area contributed by atoms with Crippen LogP contribution in [0.4, 0.5) is 0 Å². The molecular formula is C25H34N2O4. The first-order valence-electron chi connectivity index (χ1n) is 11.4. The van der Waals surface area contributed by atoms with Gasteiger partial charge in [0, 0.05) is 43.5 Å².